The van der Waals surface area contributed by atoms with Crippen LogP contribution in [-0.4, -0.2) is 20.4 Å². The first-order valence-corrected chi connectivity index (χ1v) is 6.87. The standard InChI is InChI=1S/C12H12ClN3O2S/c1-2-3-10-15-12(19-16-10)14-9-5-4-7(11(17)18)6-8(9)13/h4-6H,2-3H2,1H3,(H,17,18)(H,14,15,16). The van der Waals surface area contributed by atoms with Crippen molar-refractivity contribution in [2.24, 2.45) is 0 Å². The summed E-state index contributed by atoms with van der Waals surface area (Å²) < 4.78 is 4.21. The number of hydrogen-bond donors (Lipinski definition) is 2. The highest BCUT2D eigenvalue weighted by Crippen LogP contribution is 2.27. The molecule has 0 radical (unpaired) electrons. The van der Waals surface area contributed by atoms with Gasteiger partial charge in [0.1, 0.15) is 5.82 Å². The lowest BCUT2D eigenvalue weighted by atomic mass is 10.2. The summed E-state index contributed by atoms with van der Waals surface area (Å²) in [4.78, 5) is 15.1. The van der Waals surface area contributed by atoms with Crippen LogP contribution in [0.2, 0.25) is 5.02 Å². The molecule has 0 aliphatic heterocycles. The summed E-state index contributed by atoms with van der Waals surface area (Å²) in [5.74, 6) is -0.206. The molecule has 0 amide bonds. The lowest BCUT2D eigenvalue weighted by Gasteiger charge is -2.05. The molecule has 7 heteroatoms. The zero-order chi connectivity index (χ0) is 13.8. The molecule has 1 aromatic carbocycles. The van der Waals surface area contributed by atoms with E-state index in [9.17, 15) is 4.79 Å². The van der Waals surface area contributed by atoms with Crippen LogP contribution in [0.25, 0.3) is 0 Å². The van der Waals surface area contributed by atoms with Crippen molar-refractivity contribution < 1.29 is 9.90 Å². The van der Waals surface area contributed by atoms with E-state index in [4.69, 9.17) is 16.7 Å². The second-order valence-electron chi connectivity index (χ2n) is 3.89. The fourth-order valence-electron chi connectivity index (χ4n) is 1.49. The van der Waals surface area contributed by atoms with Gasteiger partial charge in [-0.25, -0.2) is 9.78 Å². The average molecular weight is 298 g/mol. The van der Waals surface area contributed by atoms with Crippen molar-refractivity contribution >= 4 is 39.9 Å². The molecule has 0 spiro atoms. The van der Waals surface area contributed by atoms with Crippen LogP contribution < -0.4 is 5.32 Å². The molecule has 2 rings (SSSR count). The highest BCUT2D eigenvalue weighted by molar-refractivity contribution is 7.09. The molecule has 0 atom stereocenters. The maximum absolute atomic E-state index is 10.8. The number of rotatable bonds is 5. The molecule has 100 valence electrons. The number of hydrogen-bond acceptors (Lipinski definition) is 5. The Morgan fingerprint density at radius 1 is 1.53 bits per heavy atom. The third-order valence-corrected chi connectivity index (χ3v) is 3.38. The minimum Gasteiger partial charge on any atom is -0.478 e. The van der Waals surface area contributed by atoms with Gasteiger partial charge in [0.25, 0.3) is 0 Å². The Morgan fingerprint density at radius 2 is 2.32 bits per heavy atom. The average Bonchev–Trinajstić information content (AvgIpc) is 2.79. The SMILES string of the molecule is CCCc1nsc(Nc2ccc(C(=O)O)cc2Cl)n1. The molecule has 1 heterocycles. The van der Waals surface area contributed by atoms with Crippen molar-refractivity contribution in [3.63, 3.8) is 0 Å². The molecule has 0 aliphatic carbocycles. The Bertz CT molecular complexity index is 600. The van der Waals surface area contributed by atoms with Gasteiger partial charge in [0.05, 0.1) is 16.3 Å². The van der Waals surface area contributed by atoms with Gasteiger partial charge in [-0.2, -0.15) is 4.37 Å². The predicted octanol–water partition coefficient (Wildman–Crippen LogP) is 3.59. The van der Waals surface area contributed by atoms with Crippen LogP contribution in [0, 0.1) is 0 Å². The molecule has 0 saturated carbocycles. The van der Waals surface area contributed by atoms with Crippen LogP contribution in [0.1, 0.15) is 29.5 Å². The summed E-state index contributed by atoms with van der Waals surface area (Å²) in [5.41, 5.74) is 0.769. The topological polar surface area (TPSA) is 75.1 Å². The third kappa shape index (κ3) is 3.42. The van der Waals surface area contributed by atoms with Gasteiger partial charge in [-0.1, -0.05) is 18.5 Å². The van der Waals surface area contributed by atoms with Crippen LogP contribution in [0.15, 0.2) is 18.2 Å². The number of aromatic nitrogens is 2. The minimum absolute atomic E-state index is 0.152. The van der Waals surface area contributed by atoms with Crippen molar-refractivity contribution in [3.8, 4) is 0 Å². The number of carboxylic acids is 1. The second-order valence-corrected chi connectivity index (χ2v) is 5.05. The number of aromatic carboxylic acids is 1. The molecular weight excluding hydrogens is 286 g/mol. The van der Waals surface area contributed by atoms with Crippen molar-refractivity contribution in [3.05, 3.63) is 34.6 Å². The number of nitrogens with zero attached hydrogens (tertiary/aromatic N) is 2. The molecule has 2 N–H and O–H groups in total. The molecule has 19 heavy (non-hydrogen) atoms. The van der Waals surface area contributed by atoms with E-state index < -0.39 is 5.97 Å². The van der Waals surface area contributed by atoms with Crippen LogP contribution in [-0.2, 0) is 6.42 Å². The van der Waals surface area contributed by atoms with Crippen molar-refractivity contribution in [1.29, 1.82) is 0 Å². The predicted molar refractivity (Wildman–Crippen MR) is 75.6 cm³/mol. The van der Waals surface area contributed by atoms with Gasteiger partial charge in [0.2, 0.25) is 5.13 Å². The van der Waals surface area contributed by atoms with E-state index in [1.54, 1.807) is 6.07 Å². The molecular formula is C12H12ClN3O2S. The molecule has 0 aliphatic rings. The molecule has 2 aromatic rings. The maximum atomic E-state index is 10.8. The van der Waals surface area contributed by atoms with Gasteiger partial charge in [0, 0.05) is 18.0 Å². The fourth-order valence-corrected chi connectivity index (χ4v) is 2.35. The number of carboxylic acid groups (broad SMARTS) is 1. The van der Waals surface area contributed by atoms with Crippen molar-refractivity contribution in [2.75, 3.05) is 5.32 Å². The monoisotopic (exact) mass is 297 g/mol. The largest absolute Gasteiger partial charge is 0.478 e. The summed E-state index contributed by atoms with van der Waals surface area (Å²) in [5, 5.41) is 12.9. The van der Waals surface area contributed by atoms with Crippen LogP contribution in [0.5, 0.6) is 0 Å². The Hall–Kier alpha value is -1.66. The third-order valence-electron chi connectivity index (χ3n) is 2.40. The smallest absolute Gasteiger partial charge is 0.335 e. The number of halogens is 1. The normalized spacial score (nSPS) is 10.4. The summed E-state index contributed by atoms with van der Waals surface area (Å²) in [7, 11) is 0. The Balaban J connectivity index is 2.16. The van der Waals surface area contributed by atoms with Gasteiger partial charge in [-0.05, 0) is 24.6 Å². The number of nitrogens with one attached hydrogen (secondary N) is 1. The lowest BCUT2D eigenvalue weighted by molar-refractivity contribution is 0.0697. The quantitative estimate of drug-likeness (QED) is 0.882. The van der Waals surface area contributed by atoms with Gasteiger partial charge in [-0.3, -0.25) is 0 Å². The summed E-state index contributed by atoms with van der Waals surface area (Å²) >= 11 is 7.28. The van der Waals surface area contributed by atoms with E-state index in [1.807, 2.05) is 0 Å². The number of aryl methyl sites for hydroxylation is 1. The second kappa shape index (κ2) is 5.99. The summed E-state index contributed by atoms with van der Waals surface area (Å²) in [6.07, 6.45) is 1.83. The summed E-state index contributed by atoms with van der Waals surface area (Å²) in [6, 6.07) is 4.51. The van der Waals surface area contributed by atoms with Crippen LogP contribution >= 0.6 is 23.1 Å². The minimum atomic E-state index is -1.01. The first kappa shape index (κ1) is 13.8. The molecule has 0 fully saturated rings. The fraction of sp³-hybridized carbons (Fsp3) is 0.250. The Labute approximate surface area is 119 Å². The van der Waals surface area contributed by atoms with Crippen LogP contribution in [0.4, 0.5) is 10.8 Å². The Morgan fingerprint density at radius 3 is 2.95 bits per heavy atom. The van der Waals surface area contributed by atoms with Crippen LogP contribution in [0.3, 0.4) is 0 Å². The highest BCUT2D eigenvalue weighted by atomic mass is 35.5. The lowest BCUT2D eigenvalue weighted by Crippen LogP contribution is -1.98. The van der Waals surface area contributed by atoms with Gasteiger partial charge >= 0.3 is 5.97 Å². The van der Waals surface area contributed by atoms with E-state index in [0.29, 0.717) is 15.8 Å². The maximum Gasteiger partial charge on any atom is 0.335 e. The van der Waals surface area contributed by atoms with Gasteiger partial charge in [-0.15, -0.1) is 0 Å². The number of carbonyl (C=O) groups is 1. The Kier molecular flexibility index (Phi) is 4.34. The van der Waals surface area contributed by atoms with Gasteiger partial charge in [0.15, 0.2) is 0 Å². The highest BCUT2D eigenvalue weighted by Gasteiger charge is 2.09. The molecule has 5 nitrogen and oxygen atoms in total. The first-order valence-electron chi connectivity index (χ1n) is 5.72. The van der Waals surface area contributed by atoms with E-state index in [1.165, 1.54) is 23.7 Å². The number of benzene rings is 1. The van der Waals surface area contributed by atoms with Crippen molar-refractivity contribution in [2.45, 2.75) is 19.8 Å². The van der Waals surface area contributed by atoms with E-state index in [-0.39, 0.29) is 5.56 Å². The summed E-state index contributed by atoms with van der Waals surface area (Å²) in [6.45, 7) is 2.07. The molecule has 0 bridgehead atoms. The van der Waals surface area contributed by atoms with Crippen molar-refractivity contribution in [1.82, 2.24) is 9.36 Å². The molecule has 0 unspecified atom stereocenters. The zero-order valence-corrected chi connectivity index (χ0v) is 11.8. The van der Waals surface area contributed by atoms with E-state index in [2.05, 4.69) is 21.6 Å². The first-order chi connectivity index (χ1) is 9.10. The number of anilines is 2. The molecule has 0 saturated heterocycles. The van der Waals surface area contributed by atoms with Gasteiger partial charge < -0.3 is 10.4 Å². The zero-order valence-electron chi connectivity index (χ0n) is 10.2. The van der Waals surface area contributed by atoms with E-state index in [0.717, 1.165) is 18.7 Å². The van der Waals surface area contributed by atoms with E-state index >= 15 is 0 Å². The molecule has 1 aromatic heterocycles.